The first-order valence-corrected chi connectivity index (χ1v) is 8.20. The number of aromatic nitrogens is 2. The van der Waals surface area contributed by atoms with Crippen molar-refractivity contribution in [2.45, 2.75) is 13.3 Å². The van der Waals surface area contributed by atoms with E-state index in [4.69, 9.17) is 0 Å². The van der Waals surface area contributed by atoms with E-state index in [1.54, 1.807) is 26.1 Å². The Kier molecular flexibility index (Phi) is 5.12. The maximum atomic E-state index is 13.3. The molecule has 0 bridgehead atoms. The van der Waals surface area contributed by atoms with Crippen molar-refractivity contribution < 1.29 is 13.6 Å². The van der Waals surface area contributed by atoms with E-state index < -0.39 is 11.6 Å². The van der Waals surface area contributed by atoms with Crippen LogP contribution in [0.4, 0.5) is 14.6 Å². The summed E-state index contributed by atoms with van der Waals surface area (Å²) in [7, 11) is 1.58. The second-order valence-corrected chi connectivity index (χ2v) is 6.29. The molecule has 1 amide bonds. The monoisotopic (exact) mass is 369 g/mol. The van der Waals surface area contributed by atoms with E-state index in [2.05, 4.69) is 10.3 Å². The second kappa shape index (κ2) is 7.49. The number of carbonyl (C=O) groups is 1. The van der Waals surface area contributed by atoms with Crippen molar-refractivity contribution in [1.82, 2.24) is 9.55 Å². The van der Waals surface area contributed by atoms with Gasteiger partial charge in [-0.2, -0.15) is 0 Å². The van der Waals surface area contributed by atoms with Crippen molar-refractivity contribution in [2.75, 3.05) is 5.32 Å². The molecule has 0 aliphatic carbocycles. The number of carbonyl (C=O) groups excluding carboxylic acids is 1. The van der Waals surface area contributed by atoms with Gasteiger partial charge in [0.25, 0.3) is 11.5 Å². The molecule has 3 aromatic rings. The van der Waals surface area contributed by atoms with Gasteiger partial charge in [0.2, 0.25) is 0 Å². The maximum absolute atomic E-state index is 13.3. The van der Waals surface area contributed by atoms with E-state index in [1.165, 1.54) is 35.2 Å². The molecule has 5 nitrogen and oxygen atoms in total. The van der Waals surface area contributed by atoms with Crippen LogP contribution in [0.2, 0.25) is 0 Å². The summed E-state index contributed by atoms with van der Waals surface area (Å²) in [6, 6.07) is 8.20. The Morgan fingerprint density at radius 1 is 1.11 bits per heavy atom. The largest absolute Gasteiger partial charge is 0.318 e. The van der Waals surface area contributed by atoms with E-state index in [9.17, 15) is 18.4 Å². The number of hydrogen-bond donors (Lipinski definition) is 1. The van der Waals surface area contributed by atoms with Crippen molar-refractivity contribution in [3.63, 3.8) is 0 Å². The number of nitrogens with zero attached hydrogens (tertiary/aromatic N) is 2. The molecular formula is C20H17F2N3O2. The predicted molar refractivity (Wildman–Crippen MR) is 97.8 cm³/mol. The molecule has 1 N–H and O–H groups in total. The molecule has 0 saturated heterocycles. The molecule has 138 valence electrons. The minimum atomic E-state index is -0.630. The minimum Gasteiger partial charge on any atom is -0.318 e. The Balaban J connectivity index is 1.72. The van der Waals surface area contributed by atoms with Crippen molar-refractivity contribution in [3.8, 4) is 0 Å². The molecule has 0 unspecified atom stereocenters. The van der Waals surface area contributed by atoms with Crippen LogP contribution in [0.15, 0.2) is 53.6 Å². The normalized spacial score (nSPS) is 10.7. The summed E-state index contributed by atoms with van der Waals surface area (Å²) >= 11 is 0. The molecule has 0 saturated carbocycles. The van der Waals surface area contributed by atoms with Crippen LogP contribution in [0, 0.1) is 18.6 Å². The van der Waals surface area contributed by atoms with Gasteiger partial charge in [-0.3, -0.25) is 9.59 Å². The third-order valence-corrected chi connectivity index (χ3v) is 4.02. The molecule has 27 heavy (non-hydrogen) atoms. The Morgan fingerprint density at radius 3 is 2.41 bits per heavy atom. The number of halogens is 2. The van der Waals surface area contributed by atoms with Gasteiger partial charge in [-0.25, -0.2) is 13.8 Å². The number of amides is 1. The van der Waals surface area contributed by atoms with Gasteiger partial charge in [-0.1, -0.05) is 6.07 Å². The quantitative estimate of drug-likeness (QED) is 0.768. The highest BCUT2D eigenvalue weighted by atomic mass is 19.1. The Hall–Kier alpha value is -3.35. The molecule has 0 spiro atoms. The number of aryl methyl sites for hydroxylation is 2. The number of hydrogen-bond acceptors (Lipinski definition) is 3. The molecule has 1 aromatic carbocycles. The second-order valence-electron chi connectivity index (χ2n) is 6.29. The van der Waals surface area contributed by atoms with Gasteiger partial charge in [0.1, 0.15) is 17.5 Å². The SMILES string of the molecule is Cc1cc(C(=O)Nc2ccc(Cc3cc(F)cc(F)c3)cn2)cn(C)c1=O. The molecule has 2 heterocycles. The summed E-state index contributed by atoms with van der Waals surface area (Å²) in [6.45, 7) is 1.64. The fourth-order valence-corrected chi connectivity index (χ4v) is 2.74. The van der Waals surface area contributed by atoms with Gasteiger partial charge in [-0.05, 0) is 48.7 Å². The molecular weight excluding hydrogens is 352 g/mol. The van der Waals surface area contributed by atoms with Crippen LogP contribution in [-0.2, 0) is 13.5 Å². The summed E-state index contributed by atoms with van der Waals surface area (Å²) in [4.78, 5) is 28.2. The van der Waals surface area contributed by atoms with Crippen LogP contribution in [0.3, 0.4) is 0 Å². The van der Waals surface area contributed by atoms with E-state index in [0.29, 0.717) is 28.9 Å². The molecule has 0 aliphatic heterocycles. The van der Waals surface area contributed by atoms with Crippen LogP contribution in [0.5, 0.6) is 0 Å². The average Bonchev–Trinajstić information content (AvgIpc) is 2.60. The summed E-state index contributed by atoms with van der Waals surface area (Å²) in [5.74, 6) is -1.31. The standard InChI is InChI=1S/C20H17F2N3O2/c1-12-5-15(11-25(2)20(12)27)19(26)24-18-4-3-13(10-23-18)6-14-7-16(21)9-17(22)8-14/h3-5,7-11H,6H2,1-2H3,(H,23,24,26). The lowest BCUT2D eigenvalue weighted by molar-refractivity contribution is 0.102. The molecule has 0 radical (unpaired) electrons. The van der Waals surface area contributed by atoms with Crippen molar-refractivity contribution in [1.29, 1.82) is 0 Å². The lowest BCUT2D eigenvalue weighted by Crippen LogP contribution is -2.22. The van der Waals surface area contributed by atoms with Gasteiger partial charge in [-0.15, -0.1) is 0 Å². The zero-order valence-corrected chi connectivity index (χ0v) is 14.8. The molecule has 0 aliphatic rings. The molecule has 7 heteroatoms. The van der Waals surface area contributed by atoms with Crippen LogP contribution >= 0.6 is 0 Å². The van der Waals surface area contributed by atoms with E-state index in [1.807, 2.05) is 0 Å². The first-order chi connectivity index (χ1) is 12.8. The highest BCUT2D eigenvalue weighted by Crippen LogP contribution is 2.14. The average molecular weight is 369 g/mol. The first-order valence-electron chi connectivity index (χ1n) is 8.20. The third kappa shape index (κ3) is 4.44. The Morgan fingerprint density at radius 2 is 1.81 bits per heavy atom. The number of nitrogens with one attached hydrogen (secondary N) is 1. The van der Waals surface area contributed by atoms with Crippen molar-refractivity contribution >= 4 is 11.7 Å². The van der Waals surface area contributed by atoms with Gasteiger partial charge in [0.05, 0.1) is 5.56 Å². The predicted octanol–water partition coefficient (Wildman–Crippen LogP) is 3.21. The lowest BCUT2D eigenvalue weighted by Gasteiger charge is -2.08. The highest BCUT2D eigenvalue weighted by Gasteiger charge is 2.10. The maximum Gasteiger partial charge on any atom is 0.258 e. The van der Waals surface area contributed by atoms with Crippen LogP contribution in [-0.4, -0.2) is 15.5 Å². The Bertz CT molecular complexity index is 1010. The first kappa shape index (κ1) is 18.4. The van der Waals surface area contributed by atoms with E-state index in [-0.39, 0.29) is 11.5 Å². The zero-order valence-electron chi connectivity index (χ0n) is 14.8. The minimum absolute atomic E-state index is 0.164. The highest BCUT2D eigenvalue weighted by molar-refractivity contribution is 6.03. The van der Waals surface area contributed by atoms with Gasteiger partial charge < -0.3 is 9.88 Å². The summed E-state index contributed by atoms with van der Waals surface area (Å²) in [6.07, 6.45) is 3.30. The van der Waals surface area contributed by atoms with Gasteiger partial charge >= 0.3 is 0 Å². The molecule has 0 atom stereocenters. The van der Waals surface area contributed by atoms with Crippen LogP contribution in [0.25, 0.3) is 0 Å². The number of pyridine rings is 2. The topological polar surface area (TPSA) is 64.0 Å². The zero-order chi connectivity index (χ0) is 19.6. The van der Waals surface area contributed by atoms with Crippen molar-refractivity contribution in [2.24, 2.45) is 7.05 Å². The van der Waals surface area contributed by atoms with E-state index in [0.717, 1.165) is 11.6 Å². The van der Waals surface area contributed by atoms with Crippen molar-refractivity contribution in [3.05, 3.63) is 93.0 Å². The number of benzene rings is 1. The summed E-state index contributed by atoms with van der Waals surface area (Å²) in [5, 5.41) is 2.66. The third-order valence-electron chi connectivity index (χ3n) is 4.02. The van der Waals surface area contributed by atoms with Gasteiger partial charge in [0, 0.05) is 31.1 Å². The van der Waals surface area contributed by atoms with Crippen LogP contribution in [0.1, 0.15) is 27.0 Å². The smallest absolute Gasteiger partial charge is 0.258 e. The molecule has 2 aromatic heterocycles. The Labute approximate surface area is 154 Å². The molecule has 0 fully saturated rings. The lowest BCUT2D eigenvalue weighted by atomic mass is 10.1. The summed E-state index contributed by atoms with van der Waals surface area (Å²) in [5.41, 5.74) is 1.89. The number of rotatable bonds is 4. The fraction of sp³-hybridized carbons (Fsp3) is 0.150. The van der Waals surface area contributed by atoms with Crippen LogP contribution < -0.4 is 10.9 Å². The molecule has 3 rings (SSSR count). The summed E-state index contributed by atoms with van der Waals surface area (Å²) < 4.78 is 27.9. The van der Waals surface area contributed by atoms with Gasteiger partial charge in [0.15, 0.2) is 0 Å². The fourth-order valence-electron chi connectivity index (χ4n) is 2.74. The van der Waals surface area contributed by atoms with E-state index >= 15 is 0 Å². The number of anilines is 1.